The molecule has 0 bridgehead atoms. The third kappa shape index (κ3) is 2.80. The highest BCUT2D eigenvalue weighted by molar-refractivity contribution is 5.82. The fourth-order valence-corrected chi connectivity index (χ4v) is 4.09. The van der Waals surface area contributed by atoms with Crippen LogP contribution in [0.1, 0.15) is 42.3 Å². The number of benzene rings is 1. The summed E-state index contributed by atoms with van der Waals surface area (Å²) in [4.78, 5) is 12.5. The minimum Gasteiger partial charge on any atom is -0.493 e. The van der Waals surface area contributed by atoms with Crippen LogP contribution < -0.4 is 9.47 Å². The Morgan fingerprint density at radius 3 is 2.60 bits per heavy atom. The van der Waals surface area contributed by atoms with Crippen molar-refractivity contribution < 1.29 is 19.4 Å². The highest BCUT2D eigenvalue weighted by atomic mass is 16.5. The van der Waals surface area contributed by atoms with Gasteiger partial charge in [0.2, 0.25) is 0 Å². The number of hydrogen-bond donors (Lipinski definition) is 2. The highest BCUT2D eigenvalue weighted by Crippen LogP contribution is 2.47. The zero-order valence-electron chi connectivity index (χ0n) is 15.2. The van der Waals surface area contributed by atoms with Gasteiger partial charge in [0, 0.05) is 23.6 Å². The van der Waals surface area contributed by atoms with E-state index in [1.54, 1.807) is 21.1 Å². The molecule has 0 aliphatic heterocycles. The number of methoxy groups -OCH3 is 2. The molecule has 1 aliphatic carbocycles. The Labute approximate surface area is 147 Å². The Morgan fingerprint density at radius 2 is 2.00 bits per heavy atom. The largest absolute Gasteiger partial charge is 0.493 e. The molecule has 6 nitrogen and oxygen atoms in total. The highest BCUT2D eigenvalue weighted by Gasteiger charge is 2.48. The zero-order valence-corrected chi connectivity index (χ0v) is 15.2. The summed E-state index contributed by atoms with van der Waals surface area (Å²) in [6, 6.07) is 5.61. The molecule has 1 aromatic heterocycles. The summed E-state index contributed by atoms with van der Waals surface area (Å²) in [6.07, 6.45) is 0.348. The third-order valence-electron chi connectivity index (χ3n) is 5.12. The topological polar surface area (TPSA) is 84.4 Å². The van der Waals surface area contributed by atoms with Crippen LogP contribution in [0.4, 0.5) is 0 Å². The number of aromatic amines is 1. The van der Waals surface area contributed by atoms with Crippen molar-refractivity contribution in [1.82, 2.24) is 10.2 Å². The number of H-pyrrole nitrogens is 1. The molecule has 0 fully saturated rings. The Hall–Kier alpha value is -2.34. The number of rotatable bonds is 4. The molecule has 0 spiro atoms. The van der Waals surface area contributed by atoms with Gasteiger partial charge in [-0.05, 0) is 38.5 Å². The molecular weight excluding hydrogens is 320 g/mol. The molecule has 2 aromatic rings. The van der Waals surface area contributed by atoms with Crippen LogP contribution in [0.25, 0.3) is 0 Å². The SMILES string of the molecule is COc1ccc([C@H]2c3c(n[nH]c3C)C[C@](C)(O)[C@H]2C(C)=O)cc1OC. The zero-order chi connectivity index (χ0) is 18.4. The van der Waals surface area contributed by atoms with E-state index in [4.69, 9.17) is 9.47 Å². The van der Waals surface area contributed by atoms with Gasteiger partial charge in [0.1, 0.15) is 5.78 Å². The first-order valence-corrected chi connectivity index (χ1v) is 8.28. The van der Waals surface area contributed by atoms with Crippen molar-refractivity contribution in [3.63, 3.8) is 0 Å². The molecule has 3 atom stereocenters. The maximum Gasteiger partial charge on any atom is 0.161 e. The second-order valence-corrected chi connectivity index (χ2v) is 6.92. The standard InChI is InChI=1S/C19H24N2O4/c1-10-16-13(21-20-10)9-19(3,23)18(11(2)22)17(16)12-6-7-14(24-4)15(8-12)25-5/h6-8,17-18,23H,9H2,1-5H3,(H,20,21)/t17-,18-,19-/m0/s1. The number of fused-ring (bicyclic) bond motifs is 1. The number of nitrogens with one attached hydrogen (secondary N) is 1. The maximum atomic E-state index is 12.5. The minimum absolute atomic E-state index is 0.0453. The quantitative estimate of drug-likeness (QED) is 0.889. The van der Waals surface area contributed by atoms with Crippen LogP contribution in [0, 0.1) is 12.8 Å². The van der Waals surface area contributed by atoms with Crippen LogP contribution in [0.2, 0.25) is 0 Å². The Morgan fingerprint density at radius 1 is 1.32 bits per heavy atom. The first kappa shape index (κ1) is 17.5. The summed E-state index contributed by atoms with van der Waals surface area (Å²) >= 11 is 0. The van der Waals surface area contributed by atoms with Crippen LogP contribution in [0.3, 0.4) is 0 Å². The van der Waals surface area contributed by atoms with Crippen molar-refractivity contribution in [2.45, 2.75) is 38.7 Å². The van der Waals surface area contributed by atoms with E-state index in [1.807, 2.05) is 25.1 Å². The van der Waals surface area contributed by atoms with Crippen molar-refractivity contribution in [3.05, 3.63) is 40.7 Å². The average Bonchev–Trinajstić information content (AvgIpc) is 2.91. The summed E-state index contributed by atoms with van der Waals surface area (Å²) in [7, 11) is 3.16. The number of carbonyl (C=O) groups is 1. The maximum absolute atomic E-state index is 12.5. The van der Waals surface area contributed by atoms with Crippen LogP contribution >= 0.6 is 0 Å². The molecule has 1 aromatic carbocycles. The molecule has 1 aliphatic rings. The molecule has 25 heavy (non-hydrogen) atoms. The molecule has 0 amide bonds. The number of carbonyl (C=O) groups excluding carboxylic acids is 1. The fourth-order valence-electron chi connectivity index (χ4n) is 4.09. The average molecular weight is 344 g/mol. The number of nitrogens with zero attached hydrogens (tertiary/aromatic N) is 1. The molecule has 0 saturated carbocycles. The molecule has 3 rings (SSSR count). The van der Waals surface area contributed by atoms with E-state index in [1.165, 1.54) is 6.92 Å². The van der Waals surface area contributed by atoms with E-state index in [2.05, 4.69) is 10.2 Å². The molecule has 1 heterocycles. The summed E-state index contributed by atoms with van der Waals surface area (Å²) in [6.45, 7) is 5.18. The summed E-state index contributed by atoms with van der Waals surface area (Å²) in [5.41, 5.74) is 2.43. The van der Waals surface area contributed by atoms with Gasteiger partial charge in [-0.1, -0.05) is 6.07 Å². The number of hydrogen-bond acceptors (Lipinski definition) is 5. The number of aromatic nitrogens is 2. The lowest BCUT2D eigenvalue weighted by molar-refractivity contribution is -0.130. The van der Waals surface area contributed by atoms with Gasteiger partial charge in [0.05, 0.1) is 31.4 Å². The number of aliphatic hydroxyl groups is 1. The van der Waals surface area contributed by atoms with Gasteiger partial charge < -0.3 is 14.6 Å². The van der Waals surface area contributed by atoms with E-state index in [0.29, 0.717) is 17.9 Å². The number of ketones is 1. The first-order valence-electron chi connectivity index (χ1n) is 8.28. The van der Waals surface area contributed by atoms with E-state index in [9.17, 15) is 9.90 Å². The Balaban J connectivity index is 2.23. The predicted octanol–water partition coefficient (Wildman–Crippen LogP) is 2.38. The molecular formula is C19H24N2O4. The van der Waals surface area contributed by atoms with E-state index < -0.39 is 11.5 Å². The van der Waals surface area contributed by atoms with Crippen LogP contribution in [-0.4, -0.2) is 40.9 Å². The van der Waals surface area contributed by atoms with Gasteiger partial charge in [-0.2, -0.15) is 5.10 Å². The Bertz CT molecular complexity index is 810. The lowest BCUT2D eigenvalue weighted by Crippen LogP contribution is -2.48. The number of aryl methyl sites for hydroxylation is 1. The normalized spacial score (nSPS) is 25.4. The van der Waals surface area contributed by atoms with Crippen LogP contribution in [-0.2, 0) is 11.2 Å². The van der Waals surface area contributed by atoms with Gasteiger partial charge >= 0.3 is 0 Å². The van der Waals surface area contributed by atoms with Crippen molar-refractivity contribution in [1.29, 1.82) is 0 Å². The molecule has 134 valence electrons. The predicted molar refractivity (Wildman–Crippen MR) is 93.2 cm³/mol. The number of ether oxygens (including phenoxy) is 2. The second kappa shape index (κ2) is 6.19. The van der Waals surface area contributed by atoms with Crippen molar-refractivity contribution in [2.75, 3.05) is 14.2 Å². The minimum atomic E-state index is -1.17. The van der Waals surface area contributed by atoms with Crippen molar-refractivity contribution >= 4 is 5.78 Å². The van der Waals surface area contributed by atoms with E-state index >= 15 is 0 Å². The smallest absolute Gasteiger partial charge is 0.161 e. The fraction of sp³-hybridized carbons (Fsp3) is 0.474. The first-order chi connectivity index (χ1) is 11.8. The summed E-state index contributed by atoms with van der Waals surface area (Å²) in [5, 5.41) is 18.3. The van der Waals surface area contributed by atoms with E-state index in [0.717, 1.165) is 22.5 Å². The lowest BCUT2D eigenvalue weighted by atomic mass is 9.64. The van der Waals surface area contributed by atoms with E-state index in [-0.39, 0.29) is 11.7 Å². The molecule has 6 heteroatoms. The van der Waals surface area contributed by atoms with Gasteiger partial charge in [0.25, 0.3) is 0 Å². The van der Waals surface area contributed by atoms with Crippen LogP contribution in [0.15, 0.2) is 18.2 Å². The number of Topliss-reactive ketones (excluding diaryl/α,β-unsaturated/α-hetero) is 1. The monoisotopic (exact) mass is 344 g/mol. The van der Waals surface area contributed by atoms with Gasteiger partial charge in [-0.3, -0.25) is 9.89 Å². The Kier molecular flexibility index (Phi) is 4.33. The summed E-state index contributed by atoms with van der Waals surface area (Å²) < 4.78 is 10.7. The van der Waals surface area contributed by atoms with Crippen molar-refractivity contribution in [3.8, 4) is 11.5 Å². The van der Waals surface area contributed by atoms with Gasteiger partial charge in [-0.25, -0.2) is 0 Å². The molecule has 2 N–H and O–H groups in total. The second-order valence-electron chi connectivity index (χ2n) is 6.92. The third-order valence-corrected chi connectivity index (χ3v) is 5.12. The van der Waals surface area contributed by atoms with Gasteiger partial charge in [-0.15, -0.1) is 0 Å². The lowest BCUT2D eigenvalue weighted by Gasteiger charge is -2.41. The summed E-state index contributed by atoms with van der Waals surface area (Å²) in [5.74, 6) is 0.313. The molecule has 0 saturated heterocycles. The molecule has 0 unspecified atom stereocenters. The molecule has 0 radical (unpaired) electrons. The van der Waals surface area contributed by atoms with Gasteiger partial charge in [0.15, 0.2) is 11.5 Å². The van der Waals surface area contributed by atoms with Crippen LogP contribution in [0.5, 0.6) is 11.5 Å². The van der Waals surface area contributed by atoms with Crippen molar-refractivity contribution in [2.24, 2.45) is 5.92 Å².